The Hall–Kier alpha value is -3.38. The largest absolute Gasteiger partial charge is 0.497 e. The van der Waals surface area contributed by atoms with Gasteiger partial charge in [-0.05, 0) is 30.2 Å². The fourth-order valence-corrected chi connectivity index (χ4v) is 5.16. The summed E-state index contributed by atoms with van der Waals surface area (Å²) in [6, 6.07) is 7.70. The number of thiophene rings is 1. The third-order valence-electron chi connectivity index (χ3n) is 5.17. The van der Waals surface area contributed by atoms with E-state index in [0.29, 0.717) is 22.0 Å². The first kappa shape index (κ1) is 26.2. The van der Waals surface area contributed by atoms with E-state index in [-0.39, 0.29) is 28.1 Å². The third-order valence-corrected chi connectivity index (χ3v) is 7.38. The van der Waals surface area contributed by atoms with Crippen molar-refractivity contribution in [3.05, 3.63) is 51.7 Å². The number of carbonyl (C=O) groups is 3. The topological polar surface area (TPSA) is 116 Å². The molecule has 0 spiro atoms. The van der Waals surface area contributed by atoms with Crippen molar-refractivity contribution in [1.29, 1.82) is 0 Å². The van der Waals surface area contributed by atoms with Crippen LogP contribution in [0, 0.1) is 6.92 Å². The van der Waals surface area contributed by atoms with Crippen molar-refractivity contribution in [3.8, 4) is 5.75 Å². The number of nitrogens with zero attached hydrogens (tertiary/aromatic N) is 4. The Bertz CT molecular complexity index is 1230. The van der Waals surface area contributed by atoms with Gasteiger partial charge in [0.15, 0.2) is 5.16 Å². The number of ether oxygens (including phenoxy) is 2. The maximum atomic E-state index is 12.7. The number of thioether (sulfide) groups is 1. The van der Waals surface area contributed by atoms with Crippen LogP contribution in [0.4, 0.5) is 5.00 Å². The molecule has 2 aromatic heterocycles. The minimum Gasteiger partial charge on any atom is -0.497 e. The lowest BCUT2D eigenvalue weighted by Gasteiger charge is -2.08. The van der Waals surface area contributed by atoms with Gasteiger partial charge >= 0.3 is 5.97 Å². The van der Waals surface area contributed by atoms with E-state index in [2.05, 4.69) is 15.5 Å². The van der Waals surface area contributed by atoms with Gasteiger partial charge in [0, 0.05) is 27.6 Å². The molecule has 0 bridgehead atoms. The van der Waals surface area contributed by atoms with Crippen molar-refractivity contribution < 1.29 is 23.9 Å². The van der Waals surface area contributed by atoms with Gasteiger partial charge in [0.05, 0.1) is 30.4 Å². The zero-order chi connectivity index (χ0) is 25.7. The number of amides is 2. The van der Waals surface area contributed by atoms with E-state index in [0.717, 1.165) is 28.5 Å². The van der Waals surface area contributed by atoms with Crippen LogP contribution in [0.25, 0.3) is 0 Å². The van der Waals surface area contributed by atoms with E-state index in [4.69, 9.17) is 9.47 Å². The van der Waals surface area contributed by atoms with Gasteiger partial charge in [0.1, 0.15) is 16.6 Å². The summed E-state index contributed by atoms with van der Waals surface area (Å²) in [5.74, 6) is 0.371. The predicted molar refractivity (Wildman–Crippen MR) is 135 cm³/mol. The lowest BCUT2D eigenvalue weighted by atomic mass is 10.1. The first-order valence-corrected chi connectivity index (χ1v) is 12.3. The summed E-state index contributed by atoms with van der Waals surface area (Å²) in [7, 11) is 7.97. The zero-order valence-electron chi connectivity index (χ0n) is 20.4. The molecule has 1 aromatic carbocycles. The molecule has 0 unspecified atom stereocenters. The third kappa shape index (κ3) is 6.01. The van der Waals surface area contributed by atoms with Gasteiger partial charge in [-0.2, -0.15) is 0 Å². The highest BCUT2D eigenvalue weighted by molar-refractivity contribution is 7.99. The monoisotopic (exact) mass is 517 g/mol. The lowest BCUT2D eigenvalue weighted by molar-refractivity contribution is -0.113. The van der Waals surface area contributed by atoms with Crippen LogP contribution >= 0.6 is 23.1 Å². The van der Waals surface area contributed by atoms with Crippen LogP contribution in [-0.2, 0) is 23.0 Å². The van der Waals surface area contributed by atoms with Crippen LogP contribution in [0.1, 0.15) is 37.0 Å². The molecule has 0 radical (unpaired) electrons. The number of carbonyl (C=O) groups excluding carboxylic acids is 3. The normalized spacial score (nSPS) is 10.7. The second-order valence-electron chi connectivity index (χ2n) is 7.77. The first-order chi connectivity index (χ1) is 16.7. The molecular weight excluding hydrogens is 490 g/mol. The highest BCUT2D eigenvalue weighted by Crippen LogP contribution is 2.34. The molecule has 1 N–H and O–H groups in total. The van der Waals surface area contributed by atoms with Gasteiger partial charge < -0.3 is 24.3 Å². The summed E-state index contributed by atoms with van der Waals surface area (Å²) >= 11 is 2.28. The maximum absolute atomic E-state index is 12.7. The fourth-order valence-electron chi connectivity index (χ4n) is 3.20. The Morgan fingerprint density at radius 2 is 1.83 bits per heavy atom. The Balaban J connectivity index is 1.69. The molecule has 0 atom stereocenters. The minimum atomic E-state index is -0.615. The number of methoxy groups -OCH3 is 2. The summed E-state index contributed by atoms with van der Waals surface area (Å²) < 4.78 is 11.9. The van der Waals surface area contributed by atoms with Crippen molar-refractivity contribution in [3.63, 3.8) is 0 Å². The Labute approximate surface area is 211 Å². The zero-order valence-corrected chi connectivity index (χ0v) is 22.0. The maximum Gasteiger partial charge on any atom is 0.341 e. The fraction of sp³-hybridized carbons (Fsp3) is 0.348. The van der Waals surface area contributed by atoms with Gasteiger partial charge in [-0.3, -0.25) is 9.59 Å². The second kappa shape index (κ2) is 11.4. The molecule has 0 aliphatic heterocycles. The van der Waals surface area contributed by atoms with Crippen molar-refractivity contribution in [2.75, 3.05) is 39.4 Å². The van der Waals surface area contributed by atoms with Crippen LogP contribution in [0.5, 0.6) is 5.75 Å². The highest BCUT2D eigenvalue weighted by atomic mass is 32.2. The molecule has 0 saturated carbocycles. The number of hydrogen-bond donors (Lipinski definition) is 1. The van der Waals surface area contributed by atoms with E-state index in [1.54, 1.807) is 28.1 Å². The summed E-state index contributed by atoms with van der Waals surface area (Å²) in [5.41, 5.74) is 1.71. The van der Waals surface area contributed by atoms with Gasteiger partial charge in [0.25, 0.3) is 5.91 Å². The van der Waals surface area contributed by atoms with Crippen molar-refractivity contribution >= 4 is 45.9 Å². The standard InChI is InChI=1S/C23H27N5O5S2/c1-13-18(22(31)33-6)20(35-19(13)21(30)27(2)3)24-17(29)12-34-23-26-25-16(28(23)4)11-14-7-9-15(32-5)10-8-14/h7-10H,11-12H2,1-6H3,(H,24,29). The van der Waals surface area contributed by atoms with Crippen molar-refractivity contribution in [2.45, 2.75) is 18.5 Å². The number of nitrogens with one attached hydrogen (secondary N) is 1. The van der Waals surface area contributed by atoms with Crippen LogP contribution in [-0.4, -0.2) is 71.5 Å². The van der Waals surface area contributed by atoms with Gasteiger partial charge in [-0.1, -0.05) is 23.9 Å². The molecule has 3 aromatic rings. The molecule has 0 fully saturated rings. The molecule has 35 heavy (non-hydrogen) atoms. The van der Waals surface area contributed by atoms with E-state index >= 15 is 0 Å². The molecule has 10 nitrogen and oxygen atoms in total. The quantitative estimate of drug-likeness (QED) is 0.340. The van der Waals surface area contributed by atoms with Gasteiger partial charge in [0.2, 0.25) is 5.91 Å². The SMILES string of the molecule is COC(=O)c1c(NC(=O)CSc2nnc(Cc3ccc(OC)cc3)n2C)sc(C(=O)N(C)C)c1C. The van der Waals surface area contributed by atoms with E-state index in [9.17, 15) is 14.4 Å². The van der Waals surface area contributed by atoms with E-state index in [1.165, 1.54) is 23.8 Å². The van der Waals surface area contributed by atoms with Crippen LogP contribution in [0.15, 0.2) is 29.4 Å². The molecule has 3 rings (SSSR count). The number of aromatic nitrogens is 3. The average Bonchev–Trinajstić information content (AvgIpc) is 3.35. The number of esters is 1. The lowest BCUT2D eigenvalue weighted by Crippen LogP contribution is -2.21. The van der Waals surface area contributed by atoms with Crippen LogP contribution in [0.2, 0.25) is 0 Å². The molecule has 186 valence electrons. The van der Waals surface area contributed by atoms with Crippen molar-refractivity contribution in [1.82, 2.24) is 19.7 Å². The molecule has 0 aliphatic rings. The summed E-state index contributed by atoms with van der Waals surface area (Å²) in [6.07, 6.45) is 0.583. The number of benzene rings is 1. The molecule has 12 heteroatoms. The summed E-state index contributed by atoms with van der Waals surface area (Å²) in [5, 5.41) is 12.0. The van der Waals surface area contributed by atoms with Crippen LogP contribution in [0.3, 0.4) is 0 Å². The number of rotatable bonds is 9. The molecule has 2 heterocycles. The molecule has 0 aliphatic carbocycles. The van der Waals surface area contributed by atoms with E-state index < -0.39 is 5.97 Å². The average molecular weight is 518 g/mol. The highest BCUT2D eigenvalue weighted by Gasteiger charge is 2.27. The second-order valence-corrected chi connectivity index (χ2v) is 9.73. The number of hydrogen-bond acceptors (Lipinski definition) is 9. The first-order valence-electron chi connectivity index (χ1n) is 10.5. The molecule has 2 amide bonds. The summed E-state index contributed by atoms with van der Waals surface area (Å²) in [4.78, 5) is 39.3. The van der Waals surface area contributed by atoms with Gasteiger partial charge in [-0.25, -0.2) is 4.79 Å². The Morgan fingerprint density at radius 3 is 2.43 bits per heavy atom. The predicted octanol–water partition coefficient (Wildman–Crippen LogP) is 3.00. The Morgan fingerprint density at radius 1 is 1.14 bits per heavy atom. The molecule has 0 saturated heterocycles. The van der Waals surface area contributed by atoms with Crippen LogP contribution < -0.4 is 10.1 Å². The van der Waals surface area contributed by atoms with Gasteiger partial charge in [-0.15, -0.1) is 21.5 Å². The molecular formula is C23H27N5O5S2. The minimum absolute atomic E-state index is 0.0447. The van der Waals surface area contributed by atoms with Crippen molar-refractivity contribution in [2.24, 2.45) is 7.05 Å². The summed E-state index contributed by atoms with van der Waals surface area (Å²) in [6.45, 7) is 1.66. The number of anilines is 1. The Kier molecular flexibility index (Phi) is 8.52. The smallest absolute Gasteiger partial charge is 0.341 e. The van der Waals surface area contributed by atoms with E-state index in [1.807, 2.05) is 35.9 Å².